The molecule has 0 spiro atoms. The third-order valence-electron chi connectivity index (χ3n) is 2.66. The second kappa shape index (κ2) is 5.93. The molecule has 1 rings (SSSR count). The minimum Gasteiger partial charge on any atom is -0.432 e. The maximum absolute atomic E-state index is 12.5. The Bertz CT molecular complexity index is 506. The van der Waals surface area contributed by atoms with Crippen LogP contribution in [-0.4, -0.2) is 30.1 Å². The highest BCUT2D eigenvalue weighted by Crippen LogP contribution is 2.54. The zero-order valence-electron chi connectivity index (χ0n) is 10.8. The van der Waals surface area contributed by atoms with Crippen LogP contribution in [0.4, 0.5) is 39.5 Å². The van der Waals surface area contributed by atoms with E-state index in [9.17, 15) is 44.3 Å². The van der Waals surface area contributed by atoms with E-state index in [0.29, 0.717) is 0 Å². The van der Waals surface area contributed by atoms with Crippen LogP contribution in [0.1, 0.15) is 5.56 Å². The number of benzene rings is 1. The molecule has 0 heterocycles. The number of halogens is 9. The van der Waals surface area contributed by atoms with Crippen molar-refractivity contribution in [2.24, 2.45) is 0 Å². The second-order valence-corrected chi connectivity index (χ2v) is 4.31. The van der Waals surface area contributed by atoms with Crippen LogP contribution in [0.25, 0.3) is 0 Å². The molecule has 0 aromatic heterocycles. The zero-order chi connectivity index (χ0) is 18.1. The lowest BCUT2D eigenvalue weighted by molar-refractivity contribution is -0.446. The molecule has 0 atom stereocenters. The Morgan fingerprint density at radius 1 is 0.783 bits per heavy atom. The van der Waals surface area contributed by atoms with Gasteiger partial charge in [-0.1, -0.05) is 30.3 Å². The van der Waals surface area contributed by atoms with Gasteiger partial charge in [0.05, 0.1) is 6.42 Å². The van der Waals surface area contributed by atoms with E-state index in [-0.39, 0.29) is 5.56 Å². The molecule has 0 aliphatic rings. The third kappa shape index (κ3) is 3.70. The molecule has 23 heavy (non-hydrogen) atoms. The highest BCUT2D eigenvalue weighted by Gasteiger charge is 2.87. The summed E-state index contributed by atoms with van der Waals surface area (Å²) >= 11 is 0. The van der Waals surface area contributed by atoms with Crippen molar-refractivity contribution in [3.8, 4) is 0 Å². The minimum absolute atomic E-state index is 0.113. The van der Waals surface area contributed by atoms with Gasteiger partial charge in [-0.2, -0.15) is 39.5 Å². The molecule has 0 amide bonds. The zero-order valence-corrected chi connectivity index (χ0v) is 10.8. The first-order valence-electron chi connectivity index (χ1n) is 5.68. The van der Waals surface area contributed by atoms with E-state index >= 15 is 0 Å². The number of carbonyl (C=O) groups excluding carboxylic acids is 1. The number of rotatable bonds is 3. The van der Waals surface area contributed by atoms with Crippen molar-refractivity contribution in [1.82, 2.24) is 0 Å². The van der Waals surface area contributed by atoms with Gasteiger partial charge in [-0.15, -0.1) is 0 Å². The summed E-state index contributed by atoms with van der Waals surface area (Å²) in [4.78, 5) is 11.2. The number of alkyl halides is 9. The van der Waals surface area contributed by atoms with Crippen LogP contribution < -0.4 is 0 Å². The quantitative estimate of drug-likeness (QED) is 0.601. The van der Waals surface area contributed by atoms with E-state index in [1.54, 1.807) is 0 Å². The van der Waals surface area contributed by atoms with E-state index < -0.39 is 36.5 Å². The minimum atomic E-state index is -6.93. The lowest BCUT2D eigenvalue weighted by Gasteiger charge is -2.37. The van der Waals surface area contributed by atoms with Crippen LogP contribution in [0.15, 0.2) is 30.3 Å². The Morgan fingerprint density at radius 2 is 1.17 bits per heavy atom. The smallest absolute Gasteiger partial charge is 0.432 e. The standard InChI is InChI=1S/C12H7F9O2/c13-10(14,15)9(11(16,17)18,12(19,20)21)23-8(22)6-7-4-2-1-3-5-7/h1-5H,6H2. The molecule has 0 saturated carbocycles. The molecule has 0 fully saturated rings. The van der Waals surface area contributed by atoms with Crippen LogP contribution in [0.5, 0.6) is 0 Å². The van der Waals surface area contributed by atoms with Crippen LogP contribution in [-0.2, 0) is 16.0 Å². The molecule has 0 aliphatic carbocycles. The predicted octanol–water partition coefficient (Wildman–Crippen LogP) is 4.20. The summed E-state index contributed by atoms with van der Waals surface area (Å²) in [6, 6.07) is 6.23. The fourth-order valence-electron chi connectivity index (χ4n) is 1.63. The summed E-state index contributed by atoms with van der Waals surface area (Å²) in [6.45, 7) is 0. The van der Waals surface area contributed by atoms with Gasteiger partial charge in [0.1, 0.15) is 0 Å². The Labute approximate surface area is 122 Å². The van der Waals surface area contributed by atoms with Crippen LogP contribution in [0, 0.1) is 0 Å². The molecular formula is C12H7F9O2. The Kier molecular flexibility index (Phi) is 4.93. The molecule has 1 aromatic rings. The van der Waals surface area contributed by atoms with Crippen LogP contribution in [0.3, 0.4) is 0 Å². The van der Waals surface area contributed by atoms with Gasteiger partial charge in [0.25, 0.3) is 0 Å². The topological polar surface area (TPSA) is 26.3 Å². The molecule has 0 aliphatic heterocycles. The van der Waals surface area contributed by atoms with Crippen LogP contribution >= 0.6 is 0 Å². The van der Waals surface area contributed by atoms with Crippen molar-refractivity contribution in [3.05, 3.63) is 35.9 Å². The predicted molar refractivity (Wildman–Crippen MR) is 57.1 cm³/mol. The summed E-state index contributed by atoms with van der Waals surface area (Å²) < 4.78 is 116. The molecule has 0 radical (unpaired) electrons. The maximum atomic E-state index is 12.5. The van der Waals surface area contributed by atoms with Gasteiger partial charge in [0.15, 0.2) is 0 Å². The van der Waals surface area contributed by atoms with Gasteiger partial charge in [-0.3, -0.25) is 4.79 Å². The molecular weight excluding hydrogens is 347 g/mol. The molecule has 0 unspecified atom stereocenters. The van der Waals surface area contributed by atoms with E-state index in [1.165, 1.54) is 18.2 Å². The molecule has 0 bridgehead atoms. The first-order chi connectivity index (χ1) is 10.2. The van der Waals surface area contributed by atoms with E-state index in [1.807, 2.05) is 0 Å². The normalized spacial score (nSPS) is 13.8. The molecule has 0 N–H and O–H groups in total. The van der Waals surface area contributed by atoms with E-state index in [4.69, 9.17) is 0 Å². The van der Waals surface area contributed by atoms with Crippen molar-refractivity contribution < 1.29 is 49.0 Å². The first kappa shape index (κ1) is 19.1. The van der Waals surface area contributed by atoms with Gasteiger partial charge >= 0.3 is 30.1 Å². The van der Waals surface area contributed by atoms with Gasteiger partial charge < -0.3 is 4.74 Å². The lowest BCUT2D eigenvalue weighted by Crippen LogP contribution is -2.68. The Balaban J connectivity index is 3.24. The Morgan fingerprint density at radius 3 is 1.52 bits per heavy atom. The SMILES string of the molecule is O=C(Cc1ccccc1)OC(C(F)(F)F)(C(F)(F)F)C(F)(F)F. The van der Waals surface area contributed by atoms with Crippen molar-refractivity contribution >= 4 is 5.97 Å². The number of ether oxygens (including phenoxy) is 1. The highest BCUT2D eigenvalue weighted by molar-refractivity contribution is 5.73. The van der Waals surface area contributed by atoms with Gasteiger partial charge in [-0.05, 0) is 5.56 Å². The molecule has 2 nitrogen and oxygen atoms in total. The largest absolute Gasteiger partial charge is 0.447 e. The second-order valence-electron chi connectivity index (χ2n) is 4.31. The molecule has 11 heteroatoms. The first-order valence-corrected chi connectivity index (χ1v) is 5.68. The number of hydrogen-bond donors (Lipinski definition) is 0. The fraction of sp³-hybridized carbons (Fsp3) is 0.417. The molecule has 0 saturated heterocycles. The summed E-state index contributed by atoms with van der Waals surface area (Å²) in [7, 11) is 0. The van der Waals surface area contributed by atoms with Crippen molar-refractivity contribution in [2.75, 3.05) is 0 Å². The Hall–Kier alpha value is -1.94. The van der Waals surface area contributed by atoms with Crippen molar-refractivity contribution in [3.63, 3.8) is 0 Å². The van der Waals surface area contributed by atoms with Gasteiger partial charge in [0.2, 0.25) is 0 Å². The summed E-state index contributed by atoms with van der Waals surface area (Å²) in [5, 5.41) is 0. The third-order valence-corrected chi connectivity index (χ3v) is 2.66. The summed E-state index contributed by atoms with van der Waals surface area (Å²) in [5.74, 6) is -2.32. The number of hydrogen-bond acceptors (Lipinski definition) is 2. The van der Waals surface area contributed by atoms with E-state index in [2.05, 4.69) is 4.74 Å². The van der Waals surface area contributed by atoms with Gasteiger partial charge in [0, 0.05) is 0 Å². The monoisotopic (exact) mass is 354 g/mol. The van der Waals surface area contributed by atoms with Crippen molar-refractivity contribution in [1.29, 1.82) is 0 Å². The lowest BCUT2D eigenvalue weighted by atomic mass is 10.0. The van der Waals surface area contributed by atoms with Gasteiger partial charge in [-0.25, -0.2) is 0 Å². The molecule has 1 aromatic carbocycles. The summed E-state index contributed by atoms with van der Waals surface area (Å²) in [6.07, 6.45) is -22.0. The van der Waals surface area contributed by atoms with Crippen LogP contribution in [0.2, 0.25) is 0 Å². The van der Waals surface area contributed by atoms with E-state index in [0.717, 1.165) is 12.1 Å². The fourth-order valence-corrected chi connectivity index (χ4v) is 1.63. The summed E-state index contributed by atoms with van der Waals surface area (Å²) in [5.41, 5.74) is -6.70. The average Bonchev–Trinajstić information content (AvgIpc) is 2.32. The average molecular weight is 354 g/mol. The maximum Gasteiger partial charge on any atom is 0.447 e. The number of esters is 1. The molecule has 130 valence electrons. The van der Waals surface area contributed by atoms with Crippen molar-refractivity contribution in [2.45, 2.75) is 30.6 Å². The number of carbonyl (C=O) groups is 1. The highest BCUT2D eigenvalue weighted by atomic mass is 19.4.